The second kappa shape index (κ2) is 10.8. The first kappa shape index (κ1) is 26.2. The van der Waals surface area contributed by atoms with Crippen molar-refractivity contribution in [3.63, 3.8) is 0 Å². The number of nitrogens with zero attached hydrogens (tertiary/aromatic N) is 3. The van der Waals surface area contributed by atoms with Crippen LogP contribution in [0.3, 0.4) is 0 Å². The molecular weight excluding hydrogens is 558 g/mol. The molecule has 0 aliphatic carbocycles. The van der Waals surface area contributed by atoms with E-state index in [0.29, 0.717) is 5.82 Å². The zero-order valence-electron chi connectivity index (χ0n) is 24.9. The maximum absolute atomic E-state index is 5.10. The first-order chi connectivity index (χ1) is 22.8. The second-order valence-corrected chi connectivity index (χ2v) is 11.7. The summed E-state index contributed by atoms with van der Waals surface area (Å²) in [7, 11) is 0. The van der Waals surface area contributed by atoms with Crippen LogP contribution in [0.5, 0.6) is 0 Å². The Kier molecular flexibility index (Phi) is 6.14. The lowest BCUT2D eigenvalue weighted by atomic mass is 9.89. The SMILES string of the molecule is c1ccc(-c2nc(-c3ccc(-c4ccc5ccc6cccc7ccc4c5c67)cc3)cc(-c3ccccc3-c3ccncc3)n2)cc1. The highest BCUT2D eigenvalue weighted by molar-refractivity contribution is 6.25. The van der Waals surface area contributed by atoms with Crippen molar-refractivity contribution in [1.29, 1.82) is 0 Å². The van der Waals surface area contributed by atoms with E-state index < -0.39 is 0 Å². The summed E-state index contributed by atoms with van der Waals surface area (Å²) < 4.78 is 0. The van der Waals surface area contributed by atoms with Crippen LogP contribution < -0.4 is 0 Å². The molecule has 9 aromatic rings. The number of hydrogen-bond donors (Lipinski definition) is 0. The fourth-order valence-corrected chi connectivity index (χ4v) is 6.75. The van der Waals surface area contributed by atoms with Crippen molar-refractivity contribution >= 4 is 32.3 Å². The zero-order chi connectivity index (χ0) is 30.5. The summed E-state index contributed by atoms with van der Waals surface area (Å²) in [6, 6.07) is 53.6. The van der Waals surface area contributed by atoms with Crippen LogP contribution in [0, 0.1) is 0 Å². The molecule has 2 heterocycles. The van der Waals surface area contributed by atoms with Crippen LogP contribution in [0.2, 0.25) is 0 Å². The molecule has 0 radical (unpaired) electrons. The molecule has 0 saturated heterocycles. The van der Waals surface area contributed by atoms with Crippen molar-refractivity contribution in [2.75, 3.05) is 0 Å². The summed E-state index contributed by atoms with van der Waals surface area (Å²) in [6.45, 7) is 0. The Morgan fingerprint density at radius 1 is 0.348 bits per heavy atom. The molecule has 0 unspecified atom stereocenters. The van der Waals surface area contributed by atoms with Crippen molar-refractivity contribution < 1.29 is 0 Å². The van der Waals surface area contributed by atoms with E-state index in [1.165, 1.54) is 43.4 Å². The Morgan fingerprint density at radius 3 is 1.74 bits per heavy atom. The smallest absolute Gasteiger partial charge is 0.160 e. The minimum atomic E-state index is 0.702. The summed E-state index contributed by atoms with van der Waals surface area (Å²) >= 11 is 0. The van der Waals surface area contributed by atoms with E-state index in [0.717, 1.165) is 39.2 Å². The van der Waals surface area contributed by atoms with Gasteiger partial charge in [-0.1, -0.05) is 133 Å². The third-order valence-electron chi connectivity index (χ3n) is 8.97. The van der Waals surface area contributed by atoms with Gasteiger partial charge in [0.25, 0.3) is 0 Å². The van der Waals surface area contributed by atoms with E-state index in [4.69, 9.17) is 9.97 Å². The van der Waals surface area contributed by atoms with Gasteiger partial charge in [-0.05, 0) is 72.8 Å². The molecule has 3 nitrogen and oxygen atoms in total. The fourth-order valence-electron chi connectivity index (χ4n) is 6.75. The van der Waals surface area contributed by atoms with Gasteiger partial charge in [0.1, 0.15) is 0 Å². The van der Waals surface area contributed by atoms with Gasteiger partial charge in [0, 0.05) is 29.1 Å². The van der Waals surface area contributed by atoms with Crippen molar-refractivity contribution in [2.45, 2.75) is 0 Å². The van der Waals surface area contributed by atoms with E-state index >= 15 is 0 Å². The lowest BCUT2D eigenvalue weighted by Crippen LogP contribution is -1.97. The molecule has 7 aromatic carbocycles. The third kappa shape index (κ3) is 4.41. The standard InChI is InChI=1S/C43H27N3/c1-2-7-34(8-3-1)43-45-39(27-40(46-43)37-12-5-4-11-35(37)29-23-25-44-26-24-29)30-15-13-28(14-16-30)36-21-19-33-18-17-31-9-6-10-32-20-22-38(36)42(33)41(31)32/h1-27H. The Balaban J connectivity index is 1.18. The van der Waals surface area contributed by atoms with Gasteiger partial charge in [0.05, 0.1) is 11.4 Å². The average molecular weight is 586 g/mol. The zero-order valence-corrected chi connectivity index (χ0v) is 24.9. The minimum absolute atomic E-state index is 0.702. The number of aromatic nitrogens is 3. The molecule has 0 atom stereocenters. The number of rotatable bonds is 5. The van der Waals surface area contributed by atoms with Gasteiger partial charge in [-0.3, -0.25) is 4.98 Å². The van der Waals surface area contributed by atoms with Crippen LogP contribution >= 0.6 is 0 Å². The average Bonchev–Trinajstić information content (AvgIpc) is 3.14. The van der Waals surface area contributed by atoms with E-state index in [9.17, 15) is 0 Å². The predicted octanol–water partition coefficient (Wildman–Crippen LogP) is 11.1. The summed E-state index contributed by atoms with van der Waals surface area (Å²) in [5, 5.41) is 7.78. The highest BCUT2D eigenvalue weighted by Gasteiger charge is 2.15. The Hall–Kier alpha value is -6.19. The molecule has 0 N–H and O–H groups in total. The Bertz CT molecular complexity index is 2490. The molecular formula is C43H27N3. The van der Waals surface area contributed by atoms with Gasteiger partial charge in [-0.2, -0.15) is 0 Å². The summed E-state index contributed by atoms with van der Waals surface area (Å²) in [4.78, 5) is 14.4. The molecule has 0 fully saturated rings. The second-order valence-electron chi connectivity index (χ2n) is 11.7. The maximum atomic E-state index is 5.10. The molecule has 0 bridgehead atoms. The van der Waals surface area contributed by atoms with Crippen LogP contribution in [0.25, 0.3) is 88.5 Å². The molecule has 0 aliphatic rings. The maximum Gasteiger partial charge on any atom is 0.160 e. The van der Waals surface area contributed by atoms with Gasteiger partial charge >= 0.3 is 0 Å². The molecule has 0 amide bonds. The predicted molar refractivity (Wildman–Crippen MR) is 191 cm³/mol. The van der Waals surface area contributed by atoms with Gasteiger partial charge in [0.15, 0.2) is 5.82 Å². The topological polar surface area (TPSA) is 38.7 Å². The van der Waals surface area contributed by atoms with Gasteiger partial charge in [-0.15, -0.1) is 0 Å². The van der Waals surface area contributed by atoms with Crippen molar-refractivity contribution in [3.8, 4) is 56.2 Å². The number of pyridine rings is 1. The van der Waals surface area contributed by atoms with Crippen LogP contribution in [-0.4, -0.2) is 15.0 Å². The highest BCUT2D eigenvalue weighted by atomic mass is 14.9. The largest absolute Gasteiger partial charge is 0.265 e. The van der Waals surface area contributed by atoms with Crippen LogP contribution in [0.4, 0.5) is 0 Å². The molecule has 46 heavy (non-hydrogen) atoms. The molecule has 3 heteroatoms. The van der Waals surface area contributed by atoms with Crippen LogP contribution in [0.15, 0.2) is 164 Å². The van der Waals surface area contributed by atoms with Gasteiger partial charge in [-0.25, -0.2) is 9.97 Å². The first-order valence-electron chi connectivity index (χ1n) is 15.5. The molecule has 2 aromatic heterocycles. The molecule has 0 spiro atoms. The monoisotopic (exact) mass is 585 g/mol. The minimum Gasteiger partial charge on any atom is -0.265 e. The summed E-state index contributed by atoms with van der Waals surface area (Å²) in [5.74, 6) is 0.702. The van der Waals surface area contributed by atoms with E-state index in [2.05, 4.69) is 126 Å². The van der Waals surface area contributed by atoms with Crippen LogP contribution in [0.1, 0.15) is 0 Å². The van der Waals surface area contributed by atoms with Crippen molar-refractivity contribution in [1.82, 2.24) is 15.0 Å². The molecule has 0 aliphatic heterocycles. The summed E-state index contributed by atoms with van der Waals surface area (Å²) in [6.07, 6.45) is 3.66. The third-order valence-corrected chi connectivity index (χ3v) is 8.97. The van der Waals surface area contributed by atoms with E-state index in [1.54, 1.807) is 0 Å². The normalized spacial score (nSPS) is 11.5. The quantitative estimate of drug-likeness (QED) is 0.189. The lowest BCUT2D eigenvalue weighted by Gasteiger charge is -2.15. The van der Waals surface area contributed by atoms with Crippen molar-refractivity contribution in [3.05, 3.63) is 164 Å². The van der Waals surface area contributed by atoms with Crippen molar-refractivity contribution in [2.24, 2.45) is 0 Å². The van der Waals surface area contributed by atoms with E-state index in [1.807, 2.05) is 42.7 Å². The molecule has 9 rings (SSSR count). The first-order valence-corrected chi connectivity index (χ1v) is 15.5. The Labute approximate surface area is 266 Å². The highest BCUT2D eigenvalue weighted by Crippen LogP contribution is 2.40. The van der Waals surface area contributed by atoms with Gasteiger partial charge < -0.3 is 0 Å². The molecule has 0 saturated carbocycles. The lowest BCUT2D eigenvalue weighted by molar-refractivity contribution is 1.18. The fraction of sp³-hybridized carbons (Fsp3) is 0. The molecule has 214 valence electrons. The summed E-state index contributed by atoms with van der Waals surface area (Å²) in [5.41, 5.74) is 9.48. The van der Waals surface area contributed by atoms with Crippen LogP contribution in [-0.2, 0) is 0 Å². The number of benzene rings is 7. The number of hydrogen-bond acceptors (Lipinski definition) is 3. The Morgan fingerprint density at radius 2 is 0.957 bits per heavy atom. The van der Waals surface area contributed by atoms with E-state index in [-0.39, 0.29) is 0 Å². The van der Waals surface area contributed by atoms with Gasteiger partial charge in [0.2, 0.25) is 0 Å².